The van der Waals surface area contributed by atoms with E-state index >= 15 is 0 Å². The molecule has 1 aromatic carbocycles. The molecule has 14 heavy (non-hydrogen) atoms. The first-order valence-electron chi connectivity index (χ1n) is 4.82. The summed E-state index contributed by atoms with van der Waals surface area (Å²) in [5.74, 6) is 0. The van der Waals surface area contributed by atoms with Crippen molar-refractivity contribution >= 4 is 6.03 Å². The predicted octanol–water partition coefficient (Wildman–Crippen LogP) is 1.39. The highest BCUT2D eigenvalue weighted by Gasteiger charge is 2.43. The number of hydrogen-bond acceptors (Lipinski definition) is 1. The van der Waals surface area contributed by atoms with Crippen molar-refractivity contribution in [2.75, 3.05) is 6.54 Å². The molecule has 0 bridgehead atoms. The number of nitrogens with one attached hydrogen (secondary N) is 1. The Kier molecular flexibility index (Phi) is 2.15. The third-order valence-electron chi connectivity index (χ3n) is 2.84. The van der Waals surface area contributed by atoms with Crippen LogP contribution in [0.3, 0.4) is 0 Å². The van der Waals surface area contributed by atoms with Crippen LogP contribution in [0.15, 0.2) is 30.3 Å². The van der Waals surface area contributed by atoms with Crippen LogP contribution in [0.25, 0.3) is 0 Å². The topological polar surface area (TPSA) is 55.1 Å². The lowest BCUT2D eigenvalue weighted by molar-refractivity contribution is 0.248. The lowest BCUT2D eigenvalue weighted by Crippen LogP contribution is -2.35. The van der Waals surface area contributed by atoms with Gasteiger partial charge in [-0.15, -0.1) is 0 Å². The van der Waals surface area contributed by atoms with Gasteiger partial charge in [0.2, 0.25) is 0 Å². The van der Waals surface area contributed by atoms with Crippen LogP contribution in [0.5, 0.6) is 0 Å². The summed E-state index contributed by atoms with van der Waals surface area (Å²) >= 11 is 0. The molecule has 2 rings (SSSR count). The van der Waals surface area contributed by atoms with E-state index < -0.39 is 6.03 Å². The average Bonchev–Trinajstić information content (AvgIpc) is 2.97. The highest BCUT2D eigenvalue weighted by atomic mass is 16.2. The minimum atomic E-state index is -0.438. The van der Waals surface area contributed by atoms with Crippen LogP contribution in [0, 0.1) is 0 Å². The quantitative estimate of drug-likeness (QED) is 0.743. The van der Waals surface area contributed by atoms with Crippen molar-refractivity contribution in [3.8, 4) is 0 Å². The number of carbonyl (C=O) groups is 1. The van der Waals surface area contributed by atoms with Gasteiger partial charge in [0.1, 0.15) is 0 Å². The molecule has 2 amide bonds. The van der Waals surface area contributed by atoms with Gasteiger partial charge in [-0.25, -0.2) is 4.79 Å². The summed E-state index contributed by atoms with van der Waals surface area (Å²) in [5, 5.41) is 2.69. The van der Waals surface area contributed by atoms with Gasteiger partial charge in [-0.3, -0.25) is 0 Å². The van der Waals surface area contributed by atoms with Gasteiger partial charge in [-0.05, 0) is 18.4 Å². The first-order valence-corrected chi connectivity index (χ1v) is 4.82. The molecule has 0 atom stereocenters. The zero-order valence-corrected chi connectivity index (χ0v) is 7.99. The summed E-state index contributed by atoms with van der Waals surface area (Å²) in [6.45, 7) is 0.659. The molecule has 3 N–H and O–H groups in total. The third kappa shape index (κ3) is 1.71. The second-order valence-electron chi connectivity index (χ2n) is 3.86. The monoisotopic (exact) mass is 190 g/mol. The SMILES string of the molecule is NC(=O)NCC1(c2ccccc2)CC1. The maximum absolute atomic E-state index is 10.6. The van der Waals surface area contributed by atoms with E-state index in [1.165, 1.54) is 5.56 Å². The molecule has 1 fully saturated rings. The molecule has 0 aliphatic heterocycles. The average molecular weight is 190 g/mol. The van der Waals surface area contributed by atoms with Crippen LogP contribution >= 0.6 is 0 Å². The fourth-order valence-electron chi connectivity index (χ4n) is 1.77. The Morgan fingerprint density at radius 3 is 2.50 bits per heavy atom. The molecule has 0 radical (unpaired) electrons. The number of primary amides is 1. The Balaban J connectivity index is 2.06. The summed E-state index contributed by atoms with van der Waals surface area (Å²) in [4.78, 5) is 10.6. The lowest BCUT2D eigenvalue weighted by atomic mass is 9.96. The summed E-state index contributed by atoms with van der Waals surface area (Å²) < 4.78 is 0. The highest BCUT2D eigenvalue weighted by molar-refractivity contribution is 5.71. The molecule has 1 aliphatic carbocycles. The second kappa shape index (κ2) is 3.33. The van der Waals surface area contributed by atoms with Gasteiger partial charge in [-0.2, -0.15) is 0 Å². The maximum atomic E-state index is 10.6. The Hall–Kier alpha value is -1.51. The molecule has 0 unspecified atom stereocenters. The second-order valence-corrected chi connectivity index (χ2v) is 3.86. The zero-order valence-electron chi connectivity index (χ0n) is 7.99. The largest absolute Gasteiger partial charge is 0.352 e. The van der Waals surface area contributed by atoms with E-state index in [4.69, 9.17) is 5.73 Å². The van der Waals surface area contributed by atoms with Gasteiger partial charge >= 0.3 is 6.03 Å². The molecule has 1 aliphatic rings. The molecule has 0 saturated heterocycles. The van der Waals surface area contributed by atoms with Gasteiger partial charge in [0, 0.05) is 12.0 Å². The molecule has 3 heteroatoms. The van der Waals surface area contributed by atoms with Crippen LogP contribution in [0.4, 0.5) is 4.79 Å². The molecule has 3 nitrogen and oxygen atoms in total. The number of rotatable bonds is 3. The Labute approximate surface area is 83.3 Å². The minimum absolute atomic E-state index is 0.163. The van der Waals surface area contributed by atoms with Gasteiger partial charge in [0.15, 0.2) is 0 Å². The van der Waals surface area contributed by atoms with Crippen molar-refractivity contribution < 1.29 is 4.79 Å². The van der Waals surface area contributed by atoms with E-state index in [-0.39, 0.29) is 5.41 Å². The fourth-order valence-corrected chi connectivity index (χ4v) is 1.77. The Morgan fingerprint density at radius 2 is 2.00 bits per heavy atom. The molecule has 1 saturated carbocycles. The van der Waals surface area contributed by atoms with Crippen LogP contribution in [-0.2, 0) is 5.41 Å². The van der Waals surface area contributed by atoms with E-state index in [9.17, 15) is 4.79 Å². The van der Waals surface area contributed by atoms with Crippen molar-refractivity contribution in [2.24, 2.45) is 5.73 Å². The lowest BCUT2D eigenvalue weighted by Gasteiger charge is -2.15. The summed E-state index contributed by atoms with van der Waals surface area (Å²) in [5.41, 5.74) is 6.52. The zero-order chi connectivity index (χ0) is 10.0. The molecule has 74 valence electrons. The summed E-state index contributed by atoms with van der Waals surface area (Å²) in [6.07, 6.45) is 2.27. The van der Waals surface area contributed by atoms with Gasteiger partial charge in [-0.1, -0.05) is 30.3 Å². The standard InChI is InChI=1S/C11H14N2O/c12-10(14)13-8-11(6-7-11)9-4-2-1-3-5-9/h1-5H,6-8H2,(H3,12,13,14). The summed E-state index contributed by atoms with van der Waals surface area (Å²) in [6, 6.07) is 9.83. The number of urea groups is 1. The first kappa shape index (κ1) is 9.06. The smallest absolute Gasteiger partial charge is 0.312 e. The van der Waals surface area contributed by atoms with Crippen molar-refractivity contribution in [3.05, 3.63) is 35.9 Å². The van der Waals surface area contributed by atoms with Gasteiger partial charge in [0.25, 0.3) is 0 Å². The molecule has 0 heterocycles. The number of hydrogen-bond donors (Lipinski definition) is 2. The Bertz CT molecular complexity index is 330. The number of carbonyl (C=O) groups excluding carboxylic acids is 1. The van der Waals surface area contributed by atoms with E-state index in [2.05, 4.69) is 17.4 Å². The molecular weight excluding hydrogens is 176 g/mol. The molecule has 0 spiro atoms. The highest BCUT2D eigenvalue weighted by Crippen LogP contribution is 2.47. The van der Waals surface area contributed by atoms with Gasteiger partial charge < -0.3 is 11.1 Å². The summed E-state index contributed by atoms with van der Waals surface area (Å²) in [7, 11) is 0. The van der Waals surface area contributed by atoms with Gasteiger partial charge in [0.05, 0.1) is 0 Å². The normalized spacial score (nSPS) is 17.4. The van der Waals surface area contributed by atoms with Crippen LogP contribution < -0.4 is 11.1 Å². The van der Waals surface area contributed by atoms with Crippen molar-refractivity contribution in [1.82, 2.24) is 5.32 Å². The van der Waals surface area contributed by atoms with Crippen LogP contribution in [-0.4, -0.2) is 12.6 Å². The first-order chi connectivity index (χ1) is 6.73. The Morgan fingerprint density at radius 1 is 1.36 bits per heavy atom. The number of benzene rings is 1. The fraction of sp³-hybridized carbons (Fsp3) is 0.364. The predicted molar refractivity (Wildman–Crippen MR) is 54.9 cm³/mol. The van der Waals surface area contributed by atoms with Crippen molar-refractivity contribution in [1.29, 1.82) is 0 Å². The molecule has 0 aromatic heterocycles. The van der Waals surface area contributed by atoms with E-state index in [1.807, 2.05) is 18.2 Å². The van der Waals surface area contributed by atoms with Crippen LogP contribution in [0.2, 0.25) is 0 Å². The molecule has 1 aromatic rings. The van der Waals surface area contributed by atoms with Crippen LogP contribution in [0.1, 0.15) is 18.4 Å². The van der Waals surface area contributed by atoms with Crippen molar-refractivity contribution in [2.45, 2.75) is 18.3 Å². The van der Waals surface area contributed by atoms with E-state index in [1.54, 1.807) is 0 Å². The maximum Gasteiger partial charge on any atom is 0.312 e. The minimum Gasteiger partial charge on any atom is -0.352 e. The van der Waals surface area contributed by atoms with E-state index in [0.29, 0.717) is 6.54 Å². The number of amides is 2. The third-order valence-corrected chi connectivity index (χ3v) is 2.84. The molecular formula is C11H14N2O. The van der Waals surface area contributed by atoms with E-state index in [0.717, 1.165) is 12.8 Å². The number of nitrogens with two attached hydrogens (primary N) is 1. The van der Waals surface area contributed by atoms with Crippen molar-refractivity contribution in [3.63, 3.8) is 0 Å².